The van der Waals surface area contributed by atoms with Gasteiger partial charge in [0.25, 0.3) is 5.91 Å². The number of cyclic esters (lactones) is 1. The van der Waals surface area contributed by atoms with Crippen molar-refractivity contribution in [2.24, 2.45) is 5.92 Å². The third-order valence-electron chi connectivity index (χ3n) is 10.9. The van der Waals surface area contributed by atoms with Gasteiger partial charge in [-0.05, 0) is 74.6 Å². The monoisotopic (exact) mass is 790 g/mol. The van der Waals surface area contributed by atoms with Crippen LogP contribution in [0, 0.1) is 5.92 Å². The Morgan fingerprint density at radius 2 is 1.93 bits per heavy atom. The summed E-state index contributed by atoms with van der Waals surface area (Å²) >= 11 is 0. The highest BCUT2D eigenvalue weighted by molar-refractivity contribution is 7.91. The molecule has 5 amide bonds. The molecular weight excluding hydrogens is 745 g/mol. The van der Waals surface area contributed by atoms with Gasteiger partial charge in [0.05, 0.1) is 32.1 Å². The lowest BCUT2D eigenvalue weighted by atomic mass is 10.1. The quantitative estimate of drug-likeness (QED) is 0.297. The number of aromatic nitrogens is 1. The first-order chi connectivity index (χ1) is 26.9. The highest BCUT2D eigenvalue weighted by Gasteiger charge is 2.62. The standard InChI is InChI=1S/C39H46N6O10S/c1-3-33(46)44-16-8-4-7-11-26-21-39(26,37(49)43-56(51,52)28-12-13-28)42-34(47)31-20-27-22-45(31)36(48)30(23-44)41-38(50)54-17-9-5-6-10-25-18-29-24(19-32(25)53-2)14-15-40-35(29)55-27/h3,6-7,10-11,14-15,18-19,26-28,30-31H,1,4-5,8-9,12-13,16-17,20-23H2,2H3,(H,41,50)(H,42,47)(H,43,49)/b10-6+,11-7-/t26-,27-,30+,31+,39-/m1/s1. The number of nitrogens with one attached hydrogen (secondary N) is 3. The molecule has 5 bridgehead atoms. The van der Waals surface area contributed by atoms with Crippen LogP contribution in [-0.4, -0.2) is 115 Å². The SMILES string of the molecule is C=CC(=O)N1CCC/C=C\[C@@H]2C[C@@]2(C(=O)NS(=O)(=O)C2CC2)NC(=O)[C@@H]2C[C@@H]3CN2C(=O)[C@H](C1)NC(=O)OCCC/C=C/c1cc2c(nccc2cc1OC)O3. The molecule has 0 radical (unpaired) electrons. The zero-order valence-corrected chi connectivity index (χ0v) is 31.9. The molecule has 298 valence electrons. The Morgan fingerprint density at radius 3 is 2.70 bits per heavy atom. The third kappa shape index (κ3) is 8.22. The van der Waals surface area contributed by atoms with Crippen molar-refractivity contribution in [2.75, 3.05) is 33.4 Å². The van der Waals surface area contributed by atoms with E-state index in [0.29, 0.717) is 49.7 Å². The Hall–Kier alpha value is -5.45. The first-order valence-electron chi connectivity index (χ1n) is 18.9. The molecule has 0 spiro atoms. The largest absolute Gasteiger partial charge is 0.496 e. The van der Waals surface area contributed by atoms with Gasteiger partial charge in [-0.3, -0.25) is 23.9 Å². The van der Waals surface area contributed by atoms with Crippen LogP contribution in [0.2, 0.25) is 0 Å². The number of hydrogen-bond donors (Lipinski definition) is 3. The number of pyridine rings is 1. The summed E-state index contributed by atoms with van der Waals surface area (Å²) in [5, 5.41) is 6.25. The van der Waals surface area contributed by atoms with Gasteiger partial charge in [0.2, 0.25) is 33.6 Å². The Kier molecular flexibility index (Phi) is 11.1. The summed E-state index contributed by atoms with van der Waals surface area (Å²) < 4.78 is 45.5. The van der Waals surface area contributed by atoms with Crippen molar-refractivity contribution >= 4 is 56.6 Å². The summed E-state index contributed by atoms with van der Waals surface area (Å²) in [6, 6.07) is 2.98. The Labute approximate surface area is 324 Å². The Balaban J connectivity index is 1.28. The van der Waals surface area contributed by atoms with Gasteiger partial charge < -0.3 is 34.6 Å². The summed E-state index contributed by atoms with van der Waals surface area (Å²) in [5.41, 5.74) is -0.824. The second-order valence-corrected chi connectivity index (χ2v) is 16.8. The molecule has 1 aromatic carbocycles. The van der Waals surface area contributed by atoms with Crippen LogP contribution in [0.4, 0.5) is 4.79 Å². The molecule has 1 aromatic heterocycles. The zero-order chi connectivity index (χ0) is 39.6. The van der Waals surface area contributed by atoms with Crippen molar-refractivity contribution in [3.63, 3.8) is 0 Å². The van der Waals surface area contributed by atoms with E-state index >= 15 is 0 Å². The van der Waals surface area contributed by atoms with E-state index < -0.39 is 74.6 Å². The van der Waals surface area contributed by atoms with Crippen LogP contribution in [0.15, 0.2) is 55.3 Å². The third-order valence-corrected chi connectivity index (χ3v) is 12.7. The smallest absolute Gasteiger partial charge is 0.407 e. The molecule has 4 heterocycles. The number of amides is 5. The number of carbonyl (C=O) groups excluding carboxylic acids is 5. The van der Waals surface area contributed by atoms with E-state index in [1.54, 1.807) is 19.4 Å². The second kappa shape index (κ2) is 16.0. The van der Waals surface area contributed by atoms with Gasteiger partial charge in [-0.2, -0.15) is 0 Å². The predicted octanol–water partition coefficient (Wildman–Crippen LogP) is 2.34. The van der Waals surface area contributed by atoms with E-state index in [1.807, 2.05) is 36.4 Å². The van der Waals surface area contributed by atoms with Crippen molar-refractivity contribution in [1.82, 2.24) is 30.1 Å². The van der Waals surface area contributed by atoms with Crippen LogP contribution < -0.4 is 24.8 Å². The first kappa shape index (κ1) is 38.8. The summed E-state index contributed by atoms with van der Waals surface area (Å²) in [4.78, 5) is 76.4. The number of fused-ring (bicyclic) bond motifs is 4. The van der Waals surface area contributed by atoms with E-state index in [9.17, 15) is 32.4 Å². The molecule has 3 fully saturated rings. The number of benzene rings is 1. The topological polar surface area (TPSA) is 203 Å². The normalized spacial score (nSPS) is 28.5. The van der Waals surface area contributed by atoms with E-state index in [4.69, 9.17) is 14.2 Å². The van der Waals surface area contributed by atoms with Crippen molar-refractivity contribution < 1.29 is 46.6 Å². The number of hydrogen-bond acceptors (Lipinski definition) is 11. The fraction of sp³-hybridized carbons (Fsp3) is 0.487. The van der Waals surface area contributed by atoms with Gasteiger partial charge in [-0.15, -0.1) is 0 Å². The van der Waals surface area contributed by atoms with Crippen molar-refractivity contribution in [3.8, 4) is 11.6 Å². The number of ether oxygens (including phenoxy) is 3. The van der Waals surface area contributed by atoms with E-state index in [1.165, 1.54) is 9.80 Å². The number of methoxy groups -OCH3 is 1. The van der Waals surface area contributed by atoms with Crippen LogP contribution in [0.25, 0.3) is 16.8 Å². The highest BCUT2D eigenvalue weighted by atomic mass is 32.2. The van der Waals surface area contributed by atoms with Gasteiger partial charge in [-0.1, -0.05) is 30.9 Å². The average Bonchev–Trinajstić information content (AvgIpc) is 4.10. The van der Waals surface area contributed by atoms with Gasteiger partial charge in [0.15, 0.2) is 0 Å². The minimum Gasteiger partial charge on any atom is -0.496 e. The molecule has 2 aliphatic carbocycles. The molecular formula is C39H46N6O10S. The molecule has 1 saturated heterocycles. The van der Waals surface area contributed by atoms with Crippen LogP contribution in [0.3, 0.4) is 0 Å². The predicted molar refractivity (Wildman–Crippen MR) is 204 cm³/mol. The van der Waals surface area contributed by atoms with Crippen LogP contribution in [0.5, 0.6) is 11.6 Å². The van der Waals surface area contributed by atoms with Gasteiger partial charge in [-0.25, -0.2) is 18.2 Å². The summed E-state index contributed by atoms with van der Waals surface area (Å²) in [6.45, 7) is 3.48. The van der Waals surface area contributed by atoms with Crippen LogP contribution in [-0.2, 0) is 33.9 Å². The van der Waals surface area contributed by atoms with Gasteiger partial charge in [0, 0.05) is 36.0 Å². The van der Waals surface area contributed by atoms with Crippen molar-refractivity contribution in [3.05, 3.63) is 60.8 Å². The van der Waals surface area contributed by atoms with Gasteiger partial charge >= 0.3 is 6.09 Å². The Morgan fingerprint density at radius 1 is 1.12 bits per heavy atom. The maximum absolute atomic E-state index is 14.7. The summed E-state index contributed by atoms with van der Waals surface area (Å²) in [7, 11) is -2.37. The fourth-order valence-electron chi connectivity index (χ4n) is 7.54. The van der Waals surface area contributed by atoms with Crippen molar-refractivity contribution in [1.29, 1.82) is 0 Å². The minimum atomic E-state index is -3.94. The first-order valence-corrected chi connectivity index (χ1v) is 20.5. The fourth-order valence-corrected chi connectivity index (χ4v) is 8.90. The maximum Gasteiger partial charge on any atom is 0.407 e. The lowest BCUT2D eigenvalue weighted by molar-refractivity contribution is -0.142. The molecule has 0 unspecified atom stereocenters. The summed E-state index contributed by atoms with van der Waals surface area (Å²) in [5.74, 6) is -2.34. The van der Waals surface area contributed by atoms with Gasteiger partial charge in [0.1, 0.15) is 29.5 Å². The minimum absolute atomic E-state index is 0.0358. The van der Waals surface area contributed by atoms with E-state index in [-0.39, 0.29) is 45.0 Å². The maximum atomic E-state index is 14.7. The molecule has 16 nitrogen and oxygen atoms in total. The lowest BCUT2D eigenvalue weighted by Gasteiger charge is -2.32. The van der Waals surface area contributed by atoms with E-state index in [0.717, 1.165) is 17.0 Å². The molecule has 2 aromatic rings. The molecule has 17 heteroatoms. The number of allylic oxidation sites excluding steroid dienone is 2. The number of alkyl carbamates (subject to hydrolysis) is 1. The molecule has 3 aliphatic heterocycles. The molecule has 2 saturated carbocycles. The zero-order valence-electron chi connectivity index (χ0n) is 31.1. The molecule has 5 atom stereocenters. The van der Waals surface area contributed by atoms with Crippen molar-refractivity contribution in [2.45, 2.75) is 80.3 Å². The number of sulfonamides is 1. The highest BCUT2D eigenvalue weighted by Crippen LogP contribution is 2.46. The van der Waals surface area contributed by atoms with E-state index in [2.05, 4.69) is 26.9 Å². The second-order valence-electron chi connectivity index (χ2n) is 14.8. The molecule has 3 N–H and O–H groups in total. The molecule has 5 aliphatic rings. The van der Waals surface area contributed by atoms with Crippen LogP contribution >= 0.6 is 0 Å². The average molecular weight is 791 g/mol. The number of carbonyl (C=O) groups is 5. The number of rotatable bonds is 5. The molecule has 7 rings (SSSR count). The molecule has 56 heavy (non-hydrogen) atoms. The van der Waals surface area contributed by atoms with Crippen LogP contribution in [0.1, 0.15) is 56.9 Å². The summed E-state index contributed by atoms with van der Waals surface area (Å²) in [6.07, 6.45) is 11.4. The lowest BCUT2D eigenvalue weighted by Crippen LogP contribution is -2.60. The Bertz CT molecular complexity index is 2100. The number of nitrogens with zero attached hydrogens (tertiary/aromatic N) is 3.